The third-order valence-corrected chi connectivity index (χ3v) is 3.00. The van der Waals surface area contributed by atoms with E-state index < -0.39 is 5.97 Å². The van der Waals surface area contributed by atoms with Crippen LogP contribution in [0.3, 0.4) is 0 Å². The smallest absolute Gasteiger partial charge is 0.339 e. The molecule has 1 aliphatic rings. The molecule has 5 heteroatoms. The van der Waals surface area contributed by atoms with E-state index in [1.807, 2.05) is 0 Å². The van der Waals surface area contributed by atoms with Gasteiger partial charge in [0.15, 0.2) is 0 Å². The van der Waals surface area contributed by atoms with E-state index in [9.17, 15) is 4.79 Å². The summed E-state index contributed by atoms with van der Waals surface area (Å²) in [6, 6.07) is 5.10. The van der Waals surface area contributed by atoms with Crippen molar-refractivity contribution in [2.75, 3.05) is 13.2 Å². The minimum Gasteiger partial charge on any atom is -0.488 e. The van der Waals surface area contributed by atoms with Crippen molar-refractivity contribution in [2.45, 2.75) is 6.92 Å². The van der Waals surface area contributed by atoms with Gasteiger partial charge in [-0.15, -0.1) is 0 Å². The minimum atomic E-state index is -0.455. The first-order chi connectivity index (χ1) is 8.13. The first-order valence-corrected chi connectivity index (χ1v) is 5.87. The van der Waals surface area contributed by atoms with Gasteiger partial charge in [-0.1, -0.05) is 23.2 Å². The van der Waals surface area contributed by atoms with Gasteiger partial charge >= 0.3 is 5.97 Å². The molecule has 0 amide bonds. The number of hydrogen-bond acceptors (Lipinski definition) is 3. The van der Waals surface area contributed by atoms with Gasteiger partial charge in [-0.25, -0.2) is 4.79 Å². The van der Waals surface area contributed by atoms with Crippen LogP contribution < -0.4 is 4.74 Å². The summed E-state index contributed by atoms with van der Waals surface area (Å²) in [6.07, 6.45) is 0. The molecule has 1 aromatic rings. The average molecular weight is 273 g/mol. The molecule has 0 fully saturated rings. The van der Waals surface area contributed by atoms with Gasteiger partial charge in [0, 0.05) is 10.6 Å². The molecule has 3 nitrogen and oxygen atoms in total. The zero-order chi connectivity index (χ0) is 12.4. The summed E-state index contributed by atoms with van der Waals surface area (Å²) < 4.78 is 10.3. The fraction of sp³-hybridized carbons (Fsp3) is 0.250. The minimum absolute atomic E-state index is 0.117. The third-order valence-electron chi connectivity index (χ3n) is 2.34. The predicted octanol–water partition coefficient (Wildman–Crippen LogP) is 3.25. The topological polar surface area (TPSA) is 35.5 Å². The van der Waals surface area contributed by atoms with Crippen LogP contribution in [0.2, 0.25) is 5.02 Å². The van der Waals surface area contributed by atoms with Crippen molar-refractivity contribution in [1.82, 2.24) is 0 Å². The van der Waals surface area contributed by atoms with E-state index in [1.165, 1.54) is 0 Å². The average Bonchev–Trinajstić information content (AvgIpc) is 2.30. The van der Waals surface area contributed by atoms with E-state index in [0.717, 1.165) is 0 Å². The van der Waals surface area contributed by atoms with E-state index in [1.54, 1.807) is 25.1 Å². The Labute approximate surface area is 109 Å². The Hall–Kier alpha value is -1.19. The highest BCUT2D eigenvalue weighted by atomic mass is 35.5. The van der Waals surface area contributed by atoms with Crippen LogP contribution in [-0.2, 0) is 9.53 Å². The van der Waals surface area contributed by atoms with E-state index in [2.05, 4.69) is 0 Å². The number of carbonyl (C=O) groups excluding carboxylic acids is 1. The number of rotatable bonds is 2. The SMILES string of the molecule is CCOC(=O)C1=C(Cl)c2cc(Cl)ccc2OC1. The molecule has 0 N–H and O–H groups in total. The fourth-order valence-electron chi connectivity index (χ4n) is 1.54. The summed E-state index contributed by atoms with van der Waals surface area (Å²) in [5.74, 6) is 0.163. The van der Waals surface area contributed by atoms with Crippen molar-refractivity contribution in [3.8, 4) is 5.75 Å². The van der Waals surface area contributed by atoms with Crippen molar-refractivity contribution in [2.24, 2.45) is 0 Å². The molecule has 90 valence electrons. The Morgan fingerprint density at radius 2 is 2.24 bits per heavy atom. The molecular formula is C12H10Cl2O3. The van der Waals surface area contributed by atoms with Gasteiger partial charge in [-0.05, 0) is 25.1 Å². The van der Waals surface area contributed by atoms with E-state index >= 15 is 0 Å². The summed E-state index contributed by atoms with van der Waals surface area (Å²) in [5, 5.41) is 0.878. The second-order valence-corrected chi connectivity index (χ2v) is 4.26. The Balaban J connectivity index is 2.43. The van der Waals surface area contributed by atoms with Crippen molar-refractivity contribution in [3.05, 3.63) is 34.4 Å². The van der Waals surface area contributed by atoms with Gasteiger partial charge in [-0.3, -0.25) is 0 Å². The van der Waals surface area contributed by atoms with Crippen LogP contribution in [0.25, 0.3) is 5.03 Å². The van der Waals surface area contributed by atoms with Crippen LogP contribution in [0.4, 0.5) is 0 Å². The highest BCUT2D eigenvalue weighted by Crippen LogP contribution is 2.37. The monoisotopic (exact) mass is 272 g/mol. The lowest BCUT2D eigenvalue weighted by Gasteiger charge is -2.19. The maximum atomic E-state index is 11.6. The van der Waals surface area contributed by atoms with Crippen LogP contribution in [0.15, 0.2) is 23.8 Å². The van der Waals surface area contributed by atoms with Crippen LogP contribution in [-0.4, -0.2) is 19.2 Å². The van der Waals surface area contributed by atoms with Gasteiger partial charge in [-0.2, -0.15) is 0 Å². The molecule has 0 unspecified atom stereocenters. The summed E-state index contributed by atoms with van der Waals surface area (Å²) in [4.78, 5) is 11.6. The molecule has 0 spiro atoms. The van der Waals surface area contributed by atoms with Crippen LogP contribution in [0.5, 0.6) is 5.75 Å². The molecule has 1 aliphatic heterocycles. The van der Waals surface area contributed by atoms with Gasteiger partial charge in [0.05, 0.1) is 17.2 Å². The van der Waals surface area contributed by atoms with Gasteiger partial charge in [0.2, 0.25) is 0 Å². The number of fused-ring (bicyclic) bond motifs is 1. The highest BCUT2D eigenvalue weighted by Gasteiger charge is 2.24. The van der Waals surface area contributed by atoms with Gasteiger partial charge in [0.1, 0.15) is 12.4 Å². The highest BCUT2D eigenvalue weighted by molar-refractivity contribution is 6.51. The Kier molecular flexibility index (Phi) is 3.60. The number of benzene rings is 1. The van der Waals surface area contributed by atoms with Crippen molar-refractivity contribution in [1.29, 1.82) is 0 Å². The Bertz CT molecular complexity index is 495. The Morgan fingerprint density at radius 1 is 1.47 bits per heavy atom. The molecule has 0 radical (unpaired) electrons. The third kappa shape index (κ3) is 2.40. The van der Waals surface area contributed by atoms with E-state index in [0.29, 0.717) is 33.5 Å². The maximum absolute atomic E-state index is 11.6. The lowest BCUT2D eigenvalue weighted by Crippen LogP contribution is -2.18. The number of ether oxygens (including phenoxy) is 2. The molecule has 0 atom stereocenters. The zero-order valence-electron chi connectivity index (χ0n) is 9.13. The summed E-state index contributed by atoms with van der Waals surface area (Å²) >= 11 is 12.0. The molecule has 1 aromatic carbocycles. The van der Waals surface area contributed by atoms with Gasteiger partial charge in [0.25, 0.3) is 0 Å². The fourth-order valence-corrected chi connectivity index (χ4v) is 1.99. The molecular weight excluding hydrogens is 263 g/mol. The predicted molar refractivity (Wildman–Crippen MR) is 66.4 cm³/mol. The first-order valence-electron chi connectivity index (χ1n) is 5.12. The normalized spacial score (nSPS) is 14.1. The van der Waals surface area contributed by atoms with E-state index in [4.69, 9.17) is 32.7 Å². The van der Waals surface area contributed by atoms with Crippen molar-refractivity contribution >= 4 is 34.2 Å². The standard InChI is InChI=1S/C12H10Cl2O3/c1-2-16-12(15)9-6-17-10-4-3-7(13)5-8(10)11(9)14/h3-5H,2,6H2,1H3. The number of halogens is 2. The van der Waals surface area contributed by atoms with E-state index in [-0.39, 0.29) is 6.61 Å². The number of hydrogen-bond donors (Lipinski definition) is 0. The molecule has 1 heterocycles. The molecule has 0 saturated heterocycles. The molecule has 0 bridgehead atoms. The zero-order valence-corrected chi connectivity index (χ0v) is 10.6. The Morgan fingerprint density at radius 3 is 2.94 bits per heavy atom. The van der Waals surface area contributed by atoms with Crippen molar-refractivity contribution < 1.29 is 14.3 Å². The molecule has 0 saturated carbocycles. The largest absolute Gasteiger partial charge is 0.488 e. The second kappa shape index (κ2) is 4.98. The maximum Gasteiger partial charge on any atom is 0.339 e. The lowest BCUT2D eigenvalue weighted by atomic mass is 10.1. The van der Waals surface area contributed by atoms with Crippen molar-refractivity contribution in [3.63, 3.8) is 0 Å². The molecule has 2 rings (SSSR count). The molecule has 0 aliphatic carbocycles. The number of carbonyl (C=O) groups is 1. The van der Waals surface area contributed by atoms with Crippen LogP contribution in [0, 0.1) is 0 Å². The first kappa shape index (κ1) is 12.3. The summed E-state index contributed by atoms with van der Waals surface area (Å²) in [6.45, 7) is 2.15. The van der Waals surface area contributed by atoms with Crippen LogP contribution >= 0.6 is 23.2 Å². The summed E-state index contributed by atoms with van der Waals surface area (Å²) in [7, 11) is 0. The number of esters is 1. The van der Waals surface area contributed by atoms with Crippen LogP contribution in [0.1, 0.15) is 12.5 Å². The van der Waals surface area contributed by atoms with Gasteiger partial charge < -0.3 is 9.47 Å². The molecule has 0 aromatic heterocycles. The quantitative estimate of drug-likeness (QED) is 0.776. The second-order valence-electron chi connectivity index (χ2n) is 3.44. The molecule has 17 heavy (non-hydrogen) atoms. The summed E-state index contributed by atoms with van der Waals surface area (Å²) in [5.41, 5.74) is 0.941. The lowest BCUT2D eigenvalue weighted by molar-refractivity contribution is -0.138.